The van der Waals surface area contributed by atoms with Gasteiger partial charge in [-0.1, -0.05) is 50.2 Å². The molecule has 0 amide bonds. The molecule has 2 heterocycles. The highest BCUT2D eigenvalue weighted by Crippen LogP contribution is 2.44. The molecule has 0 saturated carbocycles. The van der Waals surface area contributed by atoms with Gasteiger partial charge in [-0.2, -0.15) is 0 Å². The van der Waals surface area contributed by atoms with Crippen molar-refractivity contribution in [3.05, 3.63) is 95.2 Å². The van der Waals surface area contributed by atoms with Gasteiger partial charge in [-0.3, -0.25) is 4.79 Å². The number of carbonyl (C=O) groups excluding carboxylic acids is 1. The van der Waals surface area contributed by atoms with E-state index in [0.717, 1.165) is 66.7 Å². The Labute approximate surface area is 231 Å². The first kappa shape index (κ1) is 25.5. The molecule has 2 N–H and O–H groups in total. The molecule has 3 aliphatic rings. The van der Waals surface area contributed by atoms with E-state index in [2.05, 4.69) is 77.9 Å². The van der Waals surface area contributed by atoms with Crippen LogP contribution in [0.1, 0.15) is 49.8 Å². The molecule has 202 valence electrons. The van der Waals surface area contributed by atoms with Crippen molar-refractivity contribution in [1.82, 2.24) is 0 Å². The Bertz CT molecular complexity index is 1340. The van der Waals surface area contributed by atoms with Gasteiger partial charge in [0.15, 0.2) is 5.78 Å². The number of para-hydroxylation sites is 2. The molecule has 0 aromatic heterocycles. The zero-order chi connectivity index (χ0) is 26.8. The highest BCUT2D eigenvalue weighted by Gasteiger charge is 2.36. The number of carbonyl (C=O) groups is 1. The lowest BCUT2D eigenvalue weighted by molar-refractivity contribution is -0.116. The molecule has 0 spiro atoms. The van der Waals surface area contributed by atoms with Gasteiger partial charge in [0.25, 0.3) is 0 Å². The number of fused-ring (bicyclic) bond motifs is 1. The Morgan fingerprint density at radius 1 is 0.897 bits per heavy atom. The van der Waals surface area contributed by atoms with E-state index in [0.29, 0.717) is 18.9 Å². The Morgan fingerprint density at radius 2 is 1.59 bits per heavy atom. The van der Waals surface area contributed by atoms with E-state index in [1.807, 2.05) is 24.3 Å². The van der Waals surface area contributed by atoms with Crippen molar-refractivity contribution in [1.29, 1.82) is 0 Å². The zero-order valence-corrected chi connectivity index (χ0v) is 22.8. The first-order chi connectivity index (χ1) is 19.0. The highest BCUT2D eigenvalue weighted by atomic mass is 16.5. The van der Waals surface area contributed by atoms with Gasteiger partial charge in [-0.05, 0) is 65.8 Å². The minimum absolute atomic E-state index is 0.123. The summed E-state index contributed by atoms with van der Waals surface area (Å²) in [6, 6.07) is 25.0. The number of ketones is 1. The number of nitrogens with one attached hydrogen (secondary N) is 2. The van der Waals surface area contributed by atoms with E-state index in [9.17, 15) is 4.79 Å². The average Bonchev–Trinajstić information content (AvgIpc) is 3.14. The van der Waals surface area contributed by atoms with E-state index < -0.39 is 0 Å². The fraction of sp³-hybridized carbons (Fsp3) is 0.364. The van der Waals surface area contributed by atoms with Crippen LogP contribution in [0, 0.1) is 5.92 Å². The van der Waals surface area contributed by atoms with Gasteiger partial charge >= 0.3 is 0 Å². The predicted octanol–water partition coefficient (Wildman–Crippen LogP) is 6.54. The third-order valence-corrected chi connectivity index (χ3v) is 7.85. The summed E-state index contributed by atoms with van der Waals surface area (Å²) in [6.45, 7) is 8.30. The van der Waals surface area contributed by atoms with Crippen LogP contribution in [0.3, 0.4) is 0 Å². The topological polar surface area (TPSA) is 62.8 Å². The summed E-state index contributed by atoms with van der Waals surface area (Å²) in [5.41, 5.74) is 7.32. The minimum atomic E-state index is -0.213. The van der Waals surface area contributed by atoms with E-state index in [4.69, 9.17) is 9.47 Å². The lowest BCUT2D eigenvalue weighted by Gasteiger charge is -2.31. The highest BCUT2D eigenvalue weighted by molar-refractivity contribution is 6.01. The van der Waals surface area contributed by atoms with Gasteiger partial charge in [-0.15, -0.1) is 0 Å². The molecule has 3 aromatic carbocycles. The van der Waals surface area contributed by atoms with Crippen molar-refractivity contribution >= 4 is 22.8 Å². The van der Waals surface area contributed by atoms with Crippen LogP contribution in [0.4, 0.5) is 17.1 Å². The molecule has 6 nitrogen and oxygen atoms in total. The molecule has 0 radical (unpaired) electrons. The molecule has 2 unspecified atom stereocenters. The normalized spacial score (nSPS) is 21.0. The number of hydrogen-bond acceptors (Lipinski definition) is 6. The molecule has 39 heavy (non-hydrogen) atoms. The number of Topliss-reactive ketones (excluding diaryl/α,β-unsaturated/α-hetero) is 1. The maximum atomic E-state index is 13.9. The second-order valence-electron chi connectivity index (χ2n) is 11.1. The Hall–Kier alpha value is -3.77. The third kappa shape index (κ3) is 5.52. The molecule has 2 aliphatic heterocycles. The number of anilines is 3. The molecular weight excluding hydrogens is 486 g/mol. The summed E-state index contributed by atoms with van der Waals surface area (Å²) >= 11 is 0. The van der Waals surface area contributed by atoms with E-state index in [-0.39, 0.29) is 17.7 Å². The first-order valence-corrected chi connectivity index (χ1v) is 14.1. The summed E-state index contributed by atoms with van der Waals surface area (Å²) in [7, 11) is 0. The SMILES string of the molecule is CC(C)COc1ccc(C2CC(=O)C3=C(C2)Nc2ccccc2NC3c2ccc(N3CCOCC3)cc2)cc1. The predicted molar refractivity (Wildman–Crippen MR) is 157 cm³/mol. The van der Waals surface area contributed by atoms with E-state index in [1.54, 1.807) is 0 Å². The number of benzene rings is 3. The molecule has 0 bridgehead atoms. The van der Waals surface area contributed by atoms with Crippen LogP contribution in [-0.4, -0.2) is 38.7 Å². The van der Waals surface area contributed by atoms with Crippen LogP contribution in [0.2, 0.25) is 0 Å². The first-order valence-electron chi connectivity index (χ1n) is 14.1. The molecule has 6 rings (SSSR count). The monoisotopic (exact) mass is 523 g/mol. The maximum absolute atomic E-state index is 13.9. The number of morpholine rings is 1. The molecule has 1 fully saturated rings. The van der Waals surface area contributed by atoms with Crippen LogP contribution < -0.4 is 20.3 Å². The number of rotatable bonds is 6. The molecule has 6 heteroatoms. The van der Waals surface area contributed by atoms with Crippen molar-refractivity contribution in [2.24, 2.45) is 5.92 Å². The lowest BCUT2D eigenvalue weighted by Crippen LogP contribution is -2.36. The minimum Gasteiger partial charge on any atom is -0.493 e. The standard InChI is InChI=1S/C33H37N3O3/c1-22(2)21-39-27-13-9-23(10-14-27)25-19-30-32(31(37)20-25)33(35-29-6-4-3-5-28(29)34-30)24-7-11-26(12-8-24)36-15-17-38-18-16-36/h3-14,22,25,33-35H,15-21H2,1-2H3. The zero-order valence-electron chi connectivity index (χ0n) is 22.8. The summed E-state index contributed by atoms with van der Waals surface area (Å²) in [4.78, 5) is 16.2. The van der Waals surface area contributed by atoms with Crippen molar-refractivity contribution in [2.45, 2.75) is 38.6 Å². The quantitative estimate of drug-likeness (QED) is 0.383. The van der Waals surface area contributed by atoms with Crippen molar-refractivity contribution in [3.63, 3.8) is 0 Å². The number of ether oxygens (including phenoxy) is 2. The summed E-state index contributed by atoms with van der Waals surface area (Å²) in [5.74, 6) is 1.67. The summed E-state index contributed by atoms with van der Waals surface area (Å²) in [5, 5.41) is 7.35. The van der Waals surface area contributed by atoms with Gasteiger partial charge in [0.1, 0.15) is 5.75 Å². The average molecular weight is 524 g/mol. The van der Waals surface area contributed by atoms with Gasteiger partial charge in [0.05, 0.1) is 37.2 Å². The number of allylic oxidation sites excluding steroid dienone is 1. The Kier molecular flexibility index (Phi) is 7.29. The van der Waals surface area contributed by atoms with Crippen LogP contribution in [0.15, 0.2) is 84.1 Å². The molecule has 1 saturated heterocycles. The van der Waals surface area contributed by atoms with Crippen molar-refractivity contribution in [2.75, 3.05) is 48.4 Å². The summed E-state index contributed by atoms with van der Waals surface area (Å²) in [6.07, 6.45) is 1.28. The third-order valence-electron chi connectivity index (χ3n) is 7.85. The smallest absolute Gasteiger partial charge is 0.163 e. The van der Waals surface area contributed by atoms with Gasteiger partial charge in [0.2, 0.25) is 0 Å². The van der Waals surface area contributed by atoms with Crippen molar-refractivity contribution < 1.29 is 14.3 Å². The molecule has 3 aromatic rings. The Morgan fingerprint density at radius 3 is 2.31 bits per heavy atom. The van der Waals surface area contributed by atoms with Gasteiger partial charge in [-0.25, -0.2) is 0 Å². The number of hydrogen-bond donors (Lipinski definition) is 2. The number of nitrogens with zero attached hydrogens (tertiary/aromatic N) is 1. The molecular formula is C33H37N3O3. The summed E-state index contributed by atoms with van der Waals surface area (Å²) < 4.78 is 11.4. The fourth-order valence-electron chi connectivity index (χ4n) is 5.78. The maximum Gasteiger partial charge on any atom is 0.163 e. The van der Waals surface area contributed by atoms with E-state index in [1.165, 1.54) is 11.3 Å². The lowest BCUT2D eigenvalue weighted by atomic mass is 9.78. The van der Waals surface area contributed by atoms with Gasteiger partial charge in [0, 0.05) is 36.5 Å². The van der Waals surface area contributed by atoms with E-state index >= 15 is 0 Å². The second kappa shape index (κ2) is 11.1. The van der Waals surface area contributed by atoms with Crippen LogP contribution >= 0.6 is 0 Å². The van der Waals surface area contributed by atoms with Gasteiger partial charge < -0.3 is 25.0 Å². The van der Waals surface area contributed by atoms with Crippen LogP contribution in [0.25, 0.3) is 0 Å². The van der Waals surface area contributed by atoms with Crippen LogP contribution in [-0.2, 0) is 9.53 Å². The van der Waals surface area contributed by atoms with Crippen LogP contribution in [0.5, 0.6) is 5.75 Å². The molecule has 2 atom stereocenters. The largest absolute Gasteiger partial charge is 0.493 e. The Balaban J connectivity index is 1.30. The molecule has 1 aliphatic carbocycles. The fourth-order valence-corrected chi connectivity index (χ4v) is 5.78. The van der Waals surface area contributed by atoms with Crippen molar-refractivity contribution in [3.8, 4) is 5.75 Å². The second-order valence-corrected chi connectivity index (χ2v) is 11.1.